The molecule has 1 aromatic carbocycles. The second-order valence-electron chi connectivity index (χ2n) is 10.5. The van der Waals surface area contributed by atoms with Crippen LogP contribution in [-0.2, 0) is 11.3 Å². The van der Waals surface area contributed by atoms with Gasteiger partial charge in [0.25, 0.3) is 5.56 Å². The monoisotopic (exact) mass is 540 g/mol. The van der Waals surface area contributed by atoms with Crippen molar-refractivity contribution in [2.45, 2.75) is 51.5 Å². The van der Waals surface area contributed by atoms with E-state index in [0.29, 0.717) is 23.3 Å². The van der Waals surface area contributed by atoms with Gasteiger partial charge >= 0.3 is 0 Å². The summed E-state index contributed by atoms with van der Waals surface area (Å²) in [6.07, 6.45) is 5.65. The Morgan fingerprint density at radius 3 is 2.61 bits per heavy atom. The Labute approximate surface area is 231 Å². The zero-order chi connectivity index (χ0) is 26.7. The van der Waals surface area contributed by atoms with E-state index in [0.717, 1.165) is 95.0 Å². The van der Waals surface area contributed by atoms with E-state index in [4.69, 9.17) is 26.6 Å². The molecule has 5 rings (SSSR count). The molecule has 3 aliphatic heterocycles. The minimum Gasteiger partial charge on any atom is -0.379 e. The summed E-state index contributed by atoms with van der Waals surface area (Å²) in [4.78, 5) is 24.9. The van der Waals surface area contributed by atoms with E-state index < -0.39 is 0 Å². The first-order chi connectivity index (χ1) is 18.6. The molecular weight excluding hydrogens is 500 g/mol. The van der Waals surface area contributed by atoms with Crippen LogP contribution < -0.4 is 10.9 Å². The average Bonchev–Trinajstić information content (AvgIpc) is 3.41. The molecule has 0 radical (unpaired) electrons. The van der Waals surface area contributed by atoms with Crippen LogP contribution in [0.15, 0.2) is 29.1 Å². The molecule has 2 fully saturated rings. The fourth-order valence-electron chi connectivity index (χ4n) is 5.41. The number of nitrogens with one attached hydrogen (secondary N) is 2. The molecular formula is C29H41ClN6O2. The number of hydrogen-bond donors (Lipinski definition) is 2. The lowest BCUT2D eigenvalue weighted by atomic mass is 9.92. The summed E-state index contributed by atoms with van der Waals surface area (Å²) >= 11 is 5.93. The summed E-state index contributed by atoms with van der Waals surface area (Å²) in [7, 11) is 0. The van der Waals surface area contributed by atoms with E-state index in [2.05, 4.69) is 33.1 Å². The lowest BCUT2D eigenvalue weighted by molar-refractivity contribution is 0.0364. The summed E-state index contributed by atoms with van der Waals surface area (Å²) in [5.74, 6) is 1.23. The normalized spacial score (nSPS) is 21.8. The summed E-state index contributed by atoms with van der Waals surface area (Å²) in [6, 6.07) is 9.76. The molecule has 2 atom stereocenters. The van der Waals surface area contributed by atoms with Gasteiger partial charge in [-0.25, -0.2) is 4.98 Å². The number of hydrogen-bond acceptors (Lipinski definition) is 7. The number of ether oxygens (including phenoxy) is 1. The molecule has 0 amide bonds. The number of aromatic nitrogens is 2. The topological polar surface area (TPSA) is 97.3 Å². The molecule has 2 saturated heterocycles. The van der Waals surface area contributed by atoms with Crippen LogP contribution in [0.4, 0.5) is 0 Å². The molecule has 38 heavy (non-hydrogen) atoms. The van der Waals surface area contributed by atoms with E-state index in [1.807, 2.05) is 24.3 Å². The van der Waals surface area contributed by atoms with Crippen LogP contribution in [0.1, 0.15) is 56.2 Å². The Balaban J connectivity index is 0.000000186. The fourth-order valence-corrected chi connectivity index (χ4v) is 5.54. The maximum atomic E-state index is 12.4. The van der Waals surface area contributed by atoms with Gasteiger partial charge in [0.15, 0.2) is 0 Å². The maximum absolute atomic E-state index is 12.4. The van der Waals surface area contributed by atoms with E-state index in [1.54, 1.807) is 0 Å². The number of fused-ring (bicyclic) bond motifs is 1. The van der Waals surface area contributed by atoms with Crippen LogP contribution >= 0.6 is 11.6 Å². The van der Waals surface area contributed by atoms with Crippen molar-refractivity contribution in [1.29, 1.82) is 5.26 Å². The van der Waals surface area contributed by atoms with Crippen molar-refractivity contribution in [2.24, 2.45) is 5.92 Å². The van der Waals surface area contributed by atoms with Crippen LogP contribution in [0.3, 0.4) is 0 Å². The predicted octanol–water partition coefficient (Wildman–Crippen LogP) is 4.02. The van der Waals surface area contributed by atoms with Crippen molar-refractivity contribution in [3.8, 4) is 17.5 Å². The standard InChI is InChI=1S/C17H20ClN3O.C12H21N3O/c1-2-3-4-12-9-19-10-14-15(12)20-16(21-17(14)22)11-5-7-13(18)8-6-11;13-10-12-2-5-15(11-12)4-1-3-14-6-8-16-9-7-14/h5-8,12,19H,2-4,9-10H2,1H3,(H,20,21,22);12H,1-9,11H2. The lowest BCUT2D eigenvalue weighted by Crippen LogP contribution is -2.38. The Bertz CT molecular complexity index is 1110. The van der Waals surface area contributed by atoms with Crippen molar-refractivity contribution < 1.29 is 4.74 Å². The number of nitriles is 1. The van der Waals surface area contributed by atoms with Gasteiger partial charge in [0.05, 0.1) is 36.5 Å². The number of benzene rings is 1. The van der Waals surface area contributed by atoms with Crippen LogP contribution in [-0.4, -0.2) is 78.8 Å². The third-order valence-electron chi connectivity index (χ3n) is 7.66. The van der Waals surface area contributed by atoms with Gasteiger partial charge in [0.2, 0.25) is 0 Å². The number of rotatable bonds is 8. The number of nitrogens with zero attached hydrogens (tertiary/aromatic N) is 4. The molecule has 4 heterocycles. The second-order valence-corrected chi connectivity index (χ2v) is 10.9. The molecule has 2 aromatic rings. The van der Waals surface area contributed by atoms with Crippen molar-refractivity contribution in [3.05, 3.63) is 50.9 Å². The van der Waals surface area contributed by atoms with E-state index in [9.17, 15) is 4.79 Å². The number of morpholine rings is 1. The number of unbranched alkanes of at least 4 members (excludes halogenated alkanes) is 1. The number of likely N-dealkylation sites (tertiary alicyclic amines) is 1. The molecule has 2 N–H and O–H groups in total. The smallest absolute Gasteiger partial charge is 0.255 e. The fraction of sp³-hybridized carbons (Fsp3) is 0.621. The highest BCUT2D eigenvalue weighted by atomic mass is 35.5. The minimum absolute atomic E-state index is 0.0383. The number of halogens is 1. The summed E-state index contributed by atoms with van der Waals surface area (Å²) in [5, 5.41) is 12.8. The lowest BCUT2D eigenvalue weighted by Gasteiger charge is -2.27. The molecule has 3 aliphatic rings. The third kappa shape index (κ3) is 8.11. The highest BCUT2D eigenvalue weighted by Crippen LogP contribution is 2.27. The molecule has 0 bridgehead atoms. The molecule has 206 valence electrons. The van der Waals surface area contributed by atoms with Gasteiger partial charge in [-0.3, -0.25) is 9.69 Å². The maximum Gasteiger partial charge on any atom is 0.255 e. The van der Waals surface area contributed by atoms with Crippen molar-refractivity contribution in [1.82, 2.24) is 25.1 Å². The van der Waals surface area contributed by atoms with E-state index in [-0.39, 0.29) is 11.5 Å². The van der Waals surface area contributed by atoms with Gasteiger partial charge in [-0.15, -0.1) is 0 Å². The Hall–Kier alpha value is -2.28. The number of aromatic amines is 1. The van der Waals surface area contributed by atoms with Crippen molar-refractivity contribution in [2.75, 3.05) is 59.0 Å². The van der Waals surface area contributed by atoms with Crippen LogP contribution in [0.2, 0.25) is 5.02 Å². The van der Waals surface area contributed by atoms with Crippen LogP contribution in [0.5, 0.6) is 0 Å². The van der Waals surface area contributed by atoms with Gasteiger partial charge < -0.3 is 19.9 Å². The SMILES string of the molecule is CCCCC1CNCc2c1nc(-c1ccc(Cl)cc1)[nH]c2=O.N#CC1CCN(CCCN2CCOCC2)C1. The molecule has 0 spiro atoms. The minimum atomic E-state index is -0.0383. The summed E-state index contributed by atoms with van der Waals surface area (Å²) in [5.41, 5.74) is 2.59. The second kappa shape index (κ2) is 14.8. The first-order valence-corrected chi connectivity index (χ1v) is 14.5. The molecule has 9 heteroatoms. The summed E-state index contributed by atoms with van der Waals surface area (Å²) in [6.45, 7) is 12.0. The van der Waals surface area contributed by atoms with E-state index in [1.165, 1.54) is 13.0 Å². The number of H-pyrrole nitrogens is 1. The van der Waals surface area contributed by atoms with Gasteiger partial charge in [-0.05, 0) is 63.2 Å². The first kappa shape index (κ1) is 28.7. The Kier molecular flexibility index (Phi) is 11.2. The highest BCUT2D eigenvalue weighted by Gasteiger charge is 2.24. The molecule has 0 saturated carbocycles. The van der Waals surface area contributed by atoms with Crippen LogP contribution in [0, 0.1) is 17.2 Å². The van der Waals surface area contributed by atoms with E-state index >= 15 is 0 Å². The van der Waals surface area contributed by atoms with Crippen LogP contribution in [0.25, 0.3) is 11.4 Å². The largest absolute Gasteiger partial charge is 0.379 e. The predicted molar refractivity (Wildman–Crippen MR) is 151 cm³/mol. The van der Waals surface area contributed by atoms with Gasteiger partial charge in [0.1, 0.15) is 5.82 Å². The Morgan fingerprint density at radius 2 is 1.89 bits per heavy atom. The highest BCUT2D eigenvalue weighted by molar-refractivity contribution is 6.30. The first-order valence-electron chi connectivity index (χ1n) is 14.1. The van der Waals surface area contributed by atoms with Gasteiger partial charge in [-0.2, -0.15) is 5.26 Å². The van der Waals surface area contributed by atoms with Gasteiger partial charge in [0, 0.05) is 49.2 Å². The van der Waals surface area contributed by atoms with Crippen molar-refractivity contribution in [3.63, 3.8) is 0 Å². The average molecular weight is 541 g/mol. The molecule has 8 nitrogen and oxygen atoms in total. The quantitative estimate of drug-likeness (QED) is 0.522. The zero-order valence-corrected chi connectivity index (χ0v) is 23.3. The molecule has 1 aromatic heterocycles. The zero-order valence-electron chi connectivity index (χ0n) is 22.6. The Morgan fingerprint density at radius 1 is 1.13 bits per heavy atom. The van der Waals surface area contributed by atoms with Gasteiger partial charge in [-0.1, -0.05) is 31.4 Å². The molecule has 0 aliphatic carbocycles. The summed E-state index contributed by atoms with van der Waals surface area (Å²) < 4.78 is 5.32. The molecule has 2 unspecified atom stereocenters. The van der Waals surface area contributed by atoms with Crippen molar-refractivity contribution >= 4 is 11.6 Å². The third-order valence-corrected chi connectivity index (χ3v) is 7.91.